The summed E-state index contributed by atoms with van der Waals surface area (Å²) in [5.74, 6) is -2.21. The molecule has 0 bridgehead atoms. The molecule has 0 heterocycles. The van der Waals surface area contributed by atoms with Crippen molar-refractivity contribution >= 4 is 11.9 Å². The SMILES string of the molecule is COC(=O)CC(=O)[O-].[Na+]. The zero-order chi connectivity index (χ0) is 6.57. The van der Waals surface area contributed by atoms with Crippen LogP contribution in [-0.2, 0) is 14.3 Å². The number of rotatable bonds is 2. The molecule has 0 aliphatic heterocycles. The van der Waals surface area contributed by atoms with E-state index in [1.54, 1.807) is 0 Å². The van der Waals surface area contributed by atoms with Crippen molar-refractivity contribution in [2.45, 2.75) is 6.42 Å². The van der Waals surface area contributed by atoms with E-state index < -0.39 is 18.4 Å². The van der Waals surface area contributed by atoms with Crippen LogP contribution in [0.5, 0.6) is 0 Å². The second-order valence-corrected chi connectivity index (χ2v) is 1.12. The van der Waals surface area contributed by atoms with Gasteiger partial charge in [0, 0.05) is 0 Å². The van der Waals surface area contributed by atoms with Gasteiger partial charge in [-0.1, -0.05) is 0 Å². The van der Waals surface area contributed by atoms with E-state index in [4.69, 9.17) is 0 Å². The summed E-state index contributed by atoms with van der Waals surface area (Å²) in [4.78, 5) is 19.5. The fourth-order valence-electron chi connectivity index (χ4n) is 0.190. The summed E-state index contributed by atoms with van der Waals surface area (Å²) in [5, 5.41) is 9.56. The number of carbonyl (C=O) groups excluding carboxylic acids is 2. The predicted molar refractivity (Wildman–Crippen MR) is 21.6 cm³/mol. The van der Waals surface area contributed by atoms with Crippen LogP contribution in [0.25, 0.3) is 0 Å². The van der Waals surface area contributed by atoms with E-state index in [2.05, 4.69) is 4.74 Å². The first-order valence-corrected chi connectivity index (χ1v) is 1.93. The molecule has 0 aromatic rings. The van der Waals surface area contributed by atoms with Crippen LogP contribution in [0.2, 0.25) is 0 Å². The molecule has 0 fully saturated rings. The molecule has 0 aromatic carbocycles. The molecule has 0 amide bonds. The molecule has 0 rings (SSSR count). The van der Waals surface area contributed by atoms with Crippen molar-refractivity contribution in [3.05, 3.63) is 0 Å². The maximum atomic E-state index is 9.98. The van der Waals surface area contributed by atoms with E-state index in [0.29, 0.717) is 0 Å². The van der Waals surface area contributed by atoms with Gasteiger partial charge in [-0.3, -0.25) is 4.79 Å². The van der Waals surface area contributed by atoms with Crippen LogP contribution in [0.3, 0.4) is 0 Å². The van der Waals surface area contributed by atoms with Gasteiger partial charge in [0.05, 0.1) is 19.5 Å². The minimum Gasteiger partial charge on any atom is -0.550 e. The molecule has 0 radical (unpaired) electrons. The second-order valence-electron chi connectivity index (χ2n) is 1.12. The fraction of sp³-hybridized carbons (Fsp3) is 0.500. The Morgan fingerprint density at radius 2 is 2.00 bits per heavy atom. The first-order valence-electron chi connectivity index (χ1n) is 1.93. The van der Waals surface area contributed by atoms with E-state index in [9.17, 15) is 14.7 Å². The number of aliphatic carboxylic acids is 1. The minimum absolute atomic E-state index is 0. The molecule has 5 heteroatoms. The van der Waals surface area contributed by atoms with E-state index in [1.807, 2.05) is 0 Å². The molecule has 0 aliphatic rings. The molecule has 4 nitrogen and oxygen atoms in total. The predicted octanol–water partition coefficient (Wildman–Crippen LogP) is -4.70. The monoisotopic (exact) mass is 140 g/mol. The Morgan fingerprint density at radius 3 is 2.11 bits per heavy atom. The van der Waals surface area contributed by atoms with Gasteiger partial charge in [-0.05, 0) is 0 Å². The fourth-order valence-corrected chi connectivity index (χ4v) is 0.190. The molecule has 0 spiro atoms. The molecule has 9 heavy (non-hydrogen) atoms. The molecule has 46 valence electrons. The van der Waals surface area contributed by atoms with Crippen LogP contribution >= 0.6 is 0 Å². The first kappa shape index (κ1) is 11.7. The van der Waals surface area contributed by atoms with E-state index >= 15 is 0 Å². The summed E-state index contributed by atoms with van der Waals surface area (Å²) < 4.78 is 4.00. The zero-order valence-corrected chi connectivity index (χ0v) is 7.34. The van der Waals surface area contributed by atoms with Gasteiger partial charge in [0.1, 0.15) is 0 Å². The average molecular weight is 140 g/mol. The van der Waals surface area contributed by atoms with Gasteiger partial charge < -0.3 is 14.6 Å². The quantitative estimate of drug-likeness (QED) is 0.219. The number of carboxylic acid groups (broad SMARTS) is 1. The molecular formula is C4H5NaO4. The molecular weight excluding hydrogens is 135 g/mol. The van der Waals surface area contributed by atoms with Crippen molar-refractivity contribution in [1.82, 2.24) is 0 Å². The maximum absolute atomic E-state index is 9.98. The number of ether oxygens (including phenoxy) is 1. The number of carboxylic acids is 1. The van der Waals surface area contributed by atoms with Crippen molar-refractivity contribution in [3.63, 3.8) is 0 Å². The topological polar surface area (TPSA) is 66.4 Å². The second kappa shape index (κ2) is 6.07. The Hall–Kier alpha value is -0.0600. The number of esters is 1. The number of methoxy groups -OCH3 is 1. The Kier molecular flexibility index (Phi) is 7.89. The van der Waals surface area contributed by atoms with Crippen LogP contribution in [-0.4, -0.2) is 19.0 Å². The van der Waals surface area contributed by atoms with Crippen LogP contribution in [0.15, 0.2) is 0 Å². The summed E-state index contributed by atoms with van der Waals surface area (Å²) in [6, 6.07) is 0. The van der Waals surface area contributed by atoms with Gasteiger partial charge >= 0.3 is 35.5 Å². The van der Waals surface area contributed by atoms with Crippen molar-refractivity contribution < 1.29 is 49.0 Å². The summed E-state index contributed by atoms with van der Waals surface area (Å²) in [5.41, 5.74) is 0. The van der Waals surface area contributed by atoms with Crippen LogP contribution in [0.4, 0.5) is 0 Å². The largest absolute Gasteiger partial charge is 1.00 e. The van der Waals surface area contributed by atoms with Crippen LogP contribution in [0, 0.1) is 0 Å². The zero-order valence-electron chi connectivity index (χ0n) is 5.34. The Morgan fingerprint density at radius 1 is 1.56 bits per heavy atom. The van der Waals surface area contributed by atoms with E-state index in [-0.39, 0.29) is 29.6 Å². The molecule has 0 aliphatic carbocycles. The first-order chi connectivity index (χ1) is 3.66. The summed E-state index contributed by atoms with van der Waals surface area (Å²) >= 11 is 0. The minimum atomic E-state index is -1.42. The Balaban J connectivity index is 0. The van der Waals surface area contributed by atoms with Crippen molar-refractivity contribution in [3.8, 4) is 0 Å². The third-order valence-electron chi connectivity index (χ3n) is 0.516. The Bertz CT molecular complexity index is 111. The maximum Gasteiger partial charge on any atom is 1.00 e. The average Bonchev–Trinajstić information content (AvgIpc) is 1.65. The van der Waals surface area contributed by atoms with Crippen molar-refractivity contribution in [1.29, 1.82) is 0 Å². The summed E-state index contributed by atoms with van der Waals surface area (Å²) in [6.45, 7) is 0. The number of hydrogen-bond donors (Lipinski definition) is 0. The third-order valence-corrected chi connectivity index (χ3v) is 0.516. The van der Waals surface area contributed by atoms with Gasteiger partial charge in [-0.15, -0.1) is 0 Å². The molecule has 0 N–H and O–H groups in total. The molecule has 0 aromatic heterocycles. The Labute approximate surface area is 74.5 Å². The molecule has 0 saturated heterocycles. The number of carbonyl (C=O) groups is 2. The van der Waals surface area contributed by atoms with Gasteiger partial charge in [0.25, 0.3) is 0 Å². The van der Waals surface area contributed by atoms with Crippen LogP contribution < -0.4 is 34.7 Å². The number of hydrogen-bond acceptors (Lipinski definition) is 4. The normalized spacial score (nSPS) is 7.22. The van der Waals surface area contributed by atoms with Gasteiger partial charge in [-0.25, -0.2) is 0 Å². The van der Waals surface area contributed by atoms with Gasteiger partial charge in [0.15, 0.2) is 0 Å². The summed E-state index contributed by atoms with van der Waals surface area (Å²) in [7, 11) is 1.12. The van der Waals surface area contributed by atoms with Gasteiger partial charge in [0.2, 0.25) is 0 Å². The van der Waals surface area contributed by atoms with E-state index in [0.717, 1.165) is 7.11 Å². The molecule has 0 unspecified atom stereocenters. The van der Waals surface area contributed by atoms with Crippen molar-refractivity contribution in [2.24, 2.45) is 0 Å². The summed E-state index contributed by atoms with van der Waals surface area (Å²) in [6.07, 6.45) is -0.670. The molecule has 0 saturated carbocycles. The van der Waals surface area contributed by atoms with Gasteiger partial charge in [-0.2, -0.15) is 0 Å². The molecule has 0 atom stereocenters. The smallest absolute Gasteiger partial charge is 0.550 e. The van der Waals surface area contributed by atoms with Crippen molar-refractivity contribution in [2.75, 3.05) is 7.11 Å². The third kappa shape index (κ3) is 7.94. The van der Waals surface area contributed by atoms with Crippen LogP contribution in [0.1, 0.15) is 6.42 Å². The standard InChI is InChI=1S/C4H6O4.Na/c1-8-4(7)2-3(5)6;/h2H2,1H3,(H,5,6);/q;+1/p-1. The van der Waals surface area contributed by atoms with E-state index in [1.165, 1.54) is 0 Å².